The van der Waals surface area contributed by atoms with Crippen LogP contribution in [0.15, 0.2) is 0 Å². The molecule has 6 nitrogen and oxygen atoms in total. The van der Waals surface area contributed by atoms with Crippen molar-refractivity contribution >= 4 is 10.2 Å². The summed E-state index contributed by atoms with van der Waals surface area (Å²) in [7, 11) is -3.45. The van der Waals surface area contributed by atoms with Gasteiger partial charge in [0.2, 0.25) is 0 Å². The van der Waals surface area contributed by atoms with E-state index < -0.39 is 10.2 Å². The number of aliphatic hydroxyl groups is 1. The number of nitrogens with zero attached hydrogens (tertiary/aromatic N) is 2. The Hall–Kier alpha value is -0.210. The molecule has 0 bridgehead atoms. The number of likely N-dealkylation sites (tertiary alicyclic amines) is 1. The van der Waals surface area contributed by atoms with Crippen molar-refractivity contribution in [1.29, 1.82) is 0 Å². The molecular formula is C13H27N3O3S. The maximum absolute atomic E-state index is 12.3. The van der Waals surface area contributed by atoms with Crippen LogP contribution in [0.2, 0.25) is 0 Å². The van der Waals surface area contributed by atoms with Gasteiger partial charge < -0.3 is 10.0 Å². The van der Waals surface area contributed by atoms with Crippen LogP contribution in [-0.2, 0) is 10.2 Å². The van der Waals surface area contributed by atoms with Gasteiger partial charge in [-0.25, -0.2) is 4.72 Å². The van der Waals surface area contributed by atoms with E-state index in [2.05, 4.69) is 9.62 Å². The highest BCUT2D eigenvalue weighted by atomic mass is 32.2. The van der Waals surface area contributed by atoms with Crippen molar-refractivity contribution in [2.75, 3.05) is 39.3 Å². The molecule has 0 spiro atoms. The molecule has 0 radical (unpaired) electrons. The number of hydrogen-bond acceptors (Lipinski definition) is 4. The lowest BCUT2D eigenvalue weighted by atomic mass is 10.1. The summed E-state index contributed by atoms with van der Waals surface area (Å²) >= 11 is 0. The monoisotopic (exact) mass is 305 g/mol. The highest BCUT2D eigenvalue weighted by Crippen LogP contribution is 2.19. The van der Waals surface area contributed by atoms with E-state index >= 15 is 0 Å². The van der Waals surface area contributed by atoms with Gasteiger partial charge in [0.05, 0.1) is 6.61 Å². The molecular weight excluding hydrogens is 278 g/mol. The molecule has 1 unspecified atom stereocenters. The van der Waals surface area contributed by atoms with Crippen molar-refractivity contribution in [2.24, 2.45) is 0 Å². The van der Waals surface area contributed by atoms with Gasteiger partial charge in [-0.3, -0.25) is 0 Å². The van der Waals surface area contributed by atoms with Gasteiger partial charge in [0.1, 0.15) is 0 Å². The molecule has 0 amide bonds. The predicted molar refractivity (Wildman–Crippen MR) is 78.6 cm³/mol. The molecule has 2 saturated heterocycles. The van der Waals surface area contributed by atoms with E-state index in [1.165, 1.54) is 23.6 Å². The topological polar surface area (TPSA) is 72.9 Å². The molecule has 118 valence electrons. The Balaban J connectivity index is 1.80. The molecule has 2 rings (SSSR count). The number of aliphatic hydroxyl groups excluding tert-OH is 1. The van der Waals surface area contributed by atoms with Crippen molar-refractivity contribution in [3.05, 3.63) is 0 Å². The fraction of sp³-hybridized carbons (Fsp3) is 1.00. The highest BCUT2D eigenvalue weighted by molar-refractivity contribution is 7.87. The van der Waals surface area contributed by atoms with Crippen molar-refractivity contribution in [1.82, 2.24) is 13.9 Å². The Morgan fingerprint density at radius 1 is 1.05 bits per heavy atom. The minimum Gasteiger partial charge on any atom is -0.395 e. The number of piperidine rings is 2. The van der Waals surface area contributed by atoms with Gasteiger partial charge in [-0.2, -0.15) is 12.7 Å². The summed E-state index contributed by atoms with van der Waals surface area (Å²) in [4.78, 5) is 2.31. The number of hydrogen-bond donors (Lipinski definition) is 2. The maximum atomic E-state index is 12.3. The largest absolute Gasteiger partial charge is 0.395 e. The zero-order valence-corrected chi connectivity index (χ0v) is 12.9. The van der Waals surface area contributed by atoms with Crippen LogP contribution in [-0.4, -0.2) is 68.1 Å². The van der Waals surface area contributed by atoms with Crippen molar-refractivity contribution in [2.45, 2.75) is 44.6 Å². The molecule has 0 aliphatic carbocycles. The first-order valence-corrected chi connectivity index (χ1v) is 9.17. The lowest BCUT2D eigenvalue weighted by Gasteiger charge is -2.33. The van der Waals surface area contributed by atoms with E-state index in [1.54, 1.807) is 0 Å². The summed E-state index contributed by atoms with van der Waals surface area (Å²) in [5, 5.41) is 9.31. The Bertz CT molecular complexity index is 382. The molecule has 2 heterocycles. The zero-order valence-electron chi connectivity index (χ0n) is 12.1. The zero-order chi connectivity index (χ0) is 14.4. The van der Waals surface area contributed by atoms with E-state index in [4.69, 9.17) is 0 Å². The van der Waals surface area contributed by atoms with Gasteiger partial charge in [0.15, 0.2) is 0 Å². The van der Waals surface area contributed by atoms with Gasteiger partial charge in [-0.05, 0) is 38.8 Å². The second-order valence-electron chi connectivity index (χ2n) is 5.74. The first-order valence-electron chi connectivity index (χ1n) is 7.73. The number of nitrogens with one attached hydrogen (secondary N) is 1. The lowest BCUT2D eigenvalue weighted by Crippen LogP contribution is -2.51. The minimum absolute atomic E-state index is 0.0902. The first kappa shape index (κ1) is 16.2. The average Bonchev–Trinajstić information content (AvgIpc) is 2.48. The molecule has 1 atom stereocenters. The van der Waals surface area contributed by atoms with E-state index in [0.29, 0.717) is 13.1 Å². The van der Waals surface area contributed by atoms with Crippen LogP contribution in [0, 0.1) is 0 Å². The molecule has 2 fully saturated rings. The Morgan fingerprint density at radius 3 is 2.45 bits per heavy atom. The molecule has 7 heteroatoms. The van der Waals surface area contributed by atoms with Crippen LogP contribution >= 0.6 is 0 Å². The van der Waals surface area contributed by atoms with Gasteiger partial charge in [-0.1, -0.05) is 12.8 Å². The van der Waals surface area contributed by atoms with Crippen LogP contribution in [0.5, 0.6) is 0 Å². The van der Waals surface area contributed by atoms with Crippen LogP contribution in [0.1, 0.15) is 38.5 Å². The quantitative estimate of drug-likeness (QED) is 0.733. The van der Waals surface area contributed by atoms with Crippen LogP contribution in [0.4, 0.5) is 0 Å². The molecule has 0 aromatic heterocycles. The Morgan fingerprint density at radius 2 is 1.75 bits per heavy atom. The predicted octanol–water partition coefficient (Wildman–Crippen LogP) is 0.154. The summed E-state index contributed by atoms with van der Waals surface area (Å²) in [6.07, 6.45) is 6.34. The normalized spacial score (nSPS) is 26.8. The lowest BCUT2D eigenvalue weighted by molar-refractivity contribution is 0.153. The SMILES string of the molecule is O=S(=O)(NCCN1CCCCC1)N1CCCCC1CO. The summed E-state index contributed by atoms with van der Waals surface area (Å²) < 4.78 is 28.7. The third-order valence-corrected chi connectivity index (χ3v) is 5.92. The van der Waals surface area contributed by atoms with E-state index in [0.717, 1.165) is 38.9 Å². The summed E-state index contributed by atoms with van der Waals surface area (Å²) in [5.74, 6) is 0. The van der Waals surface area contributed by atoms with Gasteiger partial charge >= 0.3 is 0 Å². The third-order valence-electron chi connectivity index (χ3n) is 4.25. The smallest absolute Gasteiger partial charge is 0.279 e. The number of rotatable bonds is 6. The van der Waals surface area contributed by atoms with Gasteiger partial charge in [0, 0.05) is 25.7 Å². The Labute approximate surface area is 122 Å². The molecule has 0 aromatic carbocycles. The van der Waals surface area contributed by atoms with E-state index in [1.807, 2.05) is 0 Å². The Kier molecular flexibility index (Phi) is 6.22. The highest BCUT2D eigenvalue weighted by Gasteiger charge is 2.31. The first-order chi connectivity index (χ1) is 9.63. The fourth-order valence-corrected chi connectivity index (χ4v) is 4.52. The molecule has 2 aliphatic rings. The van der Waals surface area contributed by atoms with Crippen molar-refractivity contribution in [3.63, 3.8) is 0 Å². The molecule has 2 N–H and O–H groups in total. The third kappa shape index (κ3) is 4.39. The molecule has 2 aliphatic heterocycles. The van der Waals surface area contributed by atoms with Gasteiger partial charge in [0.25, 0.3) is 10.2 Å². The second kappa shape index (κ2) is 7.70. The minimum atomic E-state index is -3.45. The van der Waals surface area contributed by atoms with Crippen LogP contribution in [0.25, 0.3) is 0 Å². The maximum Gasteiger partial charge on any atom is 0.279 e. The summed E-state index contributed by atoms with van der Waals surface area (Å²) in [6.45, 7) is 3.81. The fourth-order valence-electron chi connectivity index (χ4n) is 3.07. The van der Waals surface area contributed by atoms with Gasteiger partial charge in [-0.15, -0.1) is 0 Å². The summed E-state index contributed by atoms with van der Waals surface area (Å²) in [5.41, 5.74) is 0. The van der Waals surface area contributed by atoms with E-state index in [-0.39, 0.29) is 12.6 Å². The second-order valence-corrected chi connectivity index (χ2v) is 7.45. The molecule has 20 heavy (non-hydrogen) atoms. The molecule has 0 saturated carbocycles. The van der Waals surface area contributed by atoms with E-state index in [9.17, 15) is 13.5 Å². The molecule has 0 aromatic rings. The summed E-state index contributed by atoms with van der Waals surface area (Å²) in [6, 6.07) is -0.253. The average molecular weight is 305 g/mol. The van der Waals surface area contributed by atoms with Crippen molar-refractivity contribution < 1.29 is 13.5 Å². The van der Waals surface area contributed by atoms with Crippen LogP contribution < -0.4 is 4.72 Å². The van der Waals surface area contributed by atoms with Crippen molar-refractivity contribution in [3.8, 4) is 0 Å². The van der Waals surface area contributed by atoms with Crippen LogP contribution in [0.3, 0.4) is 0 Å². The standard InChI is InChI=1S/C13H27N3O3S/c17-12-13-6-2-5-10-16(13)20(18,19)14-7-11-15-8-3-1-4-9-15/h13-14,17H,1-12H2.